The van der Waals surface area contributed by atoms with Gasteiger partial charge in [0.05, 0.1) is 0 Å². The van der Waals surface area contributed by atoms with E-state index < -0.39 is 52.6 Å². The quantitative estimate of drug-likeness (QED) is 0.328. The Morgan fingerprint density at radius 3 is 1.36 bits per heavy atom. The third kappa shape index (κ3) is 3.90. The van der Waals surface area contributed by atoms with E-state index in [0.717, 1.165) is 0 Å². The Balaban J connectivity index is 1.61. The first kappa shape index (κ1) is 24.3. The second-order valence-electron chi connectivity index (χ2n) is 8.24. The molecule has 2 unspecified atom stereocenters. The highest BCUT2D eigenvalue weighted by Crippen LogP contribution is 2.31. The van der Waals surface area contributed by atoms with Gasteiger partial charge in [0.1, 0.15) is 0 Å². The van der Waals surface area contributed by atoms with Crippen LogP contribution < -0.4 is 10.6 Å². The number of Topliss-reactive ketones (excluding diaryl/α,β-unsaturated/α-hetero) is 4. The maximum Gasteiger partial charge on any atom is 0.239 e. The van der Waals surface area contributed by atoms with Crippen molar-refractivity contribution < 1.29 is 33.6 Å². The summed E-state index contributed by atoms with van der Waals surface area (Å²) in [7, 11) is 0. The maximum atomic E-state index is 13.2. The fourth-order valence-electron chi connectivity index (χ4n) is 4.26. The van der Waals surface area contributed by atoms with Gasteiger partial charge < -0.3 is 10.6 Å². The van der Waals surface area contributed by atoms with Gasteiger partial charge in [0.25, 0.3) is 0 Å². The van der Waals surface area contributed by atoms with E-state index in [1.54, 1.807) is 0 Å². The third-order valence-corrected chi connectivity index (χ3v) is 6.04. The molecule has 0 spiro atoms. The van der Waals surface area contributed by atoms with Crippen LogP contribution in [0.25, 0.3) is 0 Å². The van der Waals surface area contributed by atoms with Crippen molar-refractivity contribution in [1.82, 2.24) is 10.6 Å². The summed E-state index contributed by atoms with van der Waals surface area (Å²) in [6.07, 6.45) is 2.83. The standard InChI is InChI=1S/C27H20N2O7/c1-3-9-28-26(35)19-22(31)15-7-5-13(11-17(15)24(19)33)21(30)14-6-8-16-18(12-14)25(34)20(23(16)32)27(36)29-10-4-2/h3-8,11-12,19-20H,1-2,9-10H2,(H,28,35)(H,29,36). The van der Waals surface area contributed by atoms with E-state index in [4.69, 9.17) is 0 Å². The van der Waals surface area contributed by atoms with Gasteiger partial charge in [-0.3, -0.25) is 33.6 Å². The molecule has 4 rings (SSSR count). The number of ketones is 5. The lowest BCUT2D eigenvalue weighted by atomic mass is 9.96. The first-order valence-corrected chi connectivity index (χ1v) is 11.0. The Hall–Kier alpha value is -4.79. The topological polar surface area (TPSA) is 144 Å². The predicted octanol–water partition coefficient (Wildman–Crippen LogP) is 1.51. The zero-order valence-corrected chi connectivity index (χ0v) is 19.0. The molecule has 0 fully saturated rings. The van der Waals surface area contributed by atoms with E-state index in [0.29, 0.717) is 0 Å². The van der Waals surface area contributed by atoms with E-state index >= 15 is 0 Å². The first-order chi connectivity index (χ1) is 17.2. The molecule has 180 valence electrons. The van der Waals surface area contributed by atoms with Gasteiger partial charge in [-0.15, -0.1) is 13.2 Å². The first-order valence-electron chi connectivity index (χ1n) is 11.0. The molecule has 36 heavy (non-hydrogen) atoms. The molecule has 0 radical (unpaired) electrons. The van der Waals surface area contributed by atoms with Crippen LogP contribution in [-0.2, 0) is 9.59 Å². The summed E-state index contributed by atoms with van der Waals surface area (Å²) in [6, 6.07) is 7.80. The van der Waals surface area contributed by atoms with E-state index in [1.165, 1.54) is 48.6 Å². The molecule has 2 aromatic carbocycles. The molecule has 2 atom stereocenters. The summed E-state index contributed by atoms with van der Waals surface area (Å²) in [4.78, 5) is 88.5. The lowest BCUT2D eigenvalue weighted by Gasteiger charge is -2.06. The van der Waals surface area contributed by atoms with E-state index in [9.17, 15) is 33.6 Å². The Kier molecular flexibility index (Phi) is 6.39. The minimum atomic E-state index is -1.53. The van der Waals surface area contributed by atoms with Crippen molar-refractivity contribution in [3.8, 4) is 0 Å². The van der Waals surface area contributed by atoms with Gasteiger partial charge in [0, 0.05) is 46.5 Å². The van der Waals surface area contributed by atoms with E-state index in [-0.39, 0.29) is 46.5 Å². The number of fused-ring (bicyclic) bond motifs is 2. The SMILES string of the molecule is C=CCNC(=O)C1C(=O)c2ccc(C(=O)c3ccc4c(c3)C(=O)C(C(=O)NCC=C)C4=O)cc2C1=O. The molecule has 9 heteroatoms. The van der Waals surface area contributed by atoms with E-state index in [1.807, 2.05) is 0 Å². The molecule has 2 aliphatic carbocycles. The third-order valence-electron chi connectivity index (χ3n) is 6.04. The number of carbonyl (C=O) groups excluding carboxylic acids is 7. The Morgan fingerprint density at radius 1 is 0.639 bits per heavy atom. The van der Waals surface area contributed by atoms with Gasteiger partial charge >= 0.3 is 0 Å². The zero-order chi connectivity index (χ0) is 26.1. The molecular formula is C27H20N2O7. The minimum absolute atomic E-state index is 0.0402. The highest BCUT2D eigenvalue weighted by molar-refractivity contribution is 6.36. The van der Waals surface area contributed by atoms with Crippen LogP contribution in [0.3, 0.4) is 0 Å². The molecule has 0 aromatic heterocycles. The number of nitrogens with one attached hydrogen (secondary N) is 2. The van der Waals surface area contributed by atoms with Crippen molar-refractivity contribution in [3.05, 3.63) is 95.1 Å². The molecule has 0 saturated carbocycles. The highest BCUT2D eigenvalue weighted by Gasteiger charge is 2.45. The van der Waals surface area contributed by atoms with Crippen molar-refractivity contribution in [1.29, 1.82) is 0 Å². The Morgan fingerprint density at radius 2 is 1.00 bits per heavy atom. The number of hydrogen-bond donors (Lipinski definition) is 2. The average molecular weight is 484 g/mol. The Bertz CT molecular complexity index is 1310. The Labute approximate surface area is 205 Å². The summed E-state index contributed by atoms with van der Waals surface area (Å²) < 4.78 is 0. The highest BCUT2D eigenvalue weighted by atomic mass is 16.2. The molecule has 9 nitrogen and oxygen atoms in total. The molecule has 2 amide bonds. The predicted molar refractivity (Wildman–Crippen MR) is 127 cm³/mol. The monoisotopic (exact) mass is 484 g/mol. The molecule has 0 heterocycles. The normalized spacial score (nSPS) is 17.9. The van der Waals surface area contributed by atoms with Gasteiger partial charge in [-0.2, -0.15) is 0 Å². The lowest BCUT2D eigenvalue weighted by molar-refractivity contribution is -0.123. The largest absolute Gasteiger partial charge is 0.352 e. The fraction of sp³-hybridized carbons (Fsp3) is 0.148. The summed E-state index contributed by atoms with van der Waals surface area (Å²) in [5, 5.41) is 4.86. The van der Waals surface area contributed by atoms with E-state index in [2.05, 4.69) is 23.8 Å². The molecule has 2 aliphatic rings. The van der Waals surface area contributed by atoms with Crippen molar-refractivity contribution in [2.75, 3.05) is 13.1 Å². The summed E-state index contributed by atoms with van der Waals surface area (Å²) in [6.45, 7) is 7.11. The van der Waals surface area contributed by atoms with Crippen LogP contribution in [-0.4, -0.2) is 53.8 Å². The number of carbonyl (C=O) groups is 7. The van der Waals surface area contributed by atoms with Crippen molar-refractivity contribution in [2.24, 2.45) is 11.8 Å². The fourth-order valence-corrected chi connectivity index (χ4v) is 4.26. The smallest absolute Gasteiger partial charge is 0.239 e. The minimum Gasteiger partial charge on any atom is -0.352 e. The number of hydrogen-bond acceptors (Lipinski definition) is 7. The number of rotatable bonds is 8. The van der Waals surface area contributed by atoms with Crippen molar-refractivity contribution >= 4 is 40.7 Å². The van der Waals surface area contributed by atoms with Crippen LogP contribution >= 0.6 is 0 Å². The second-order valence-corrected chi connectivity index (χ2v) is 8.24. The van der Waals surface area contributed by atoms with Crippen LogP contribution in [0.4, 0.5) is 0 Å². The molecular weight excluding hydrogens is 464 g/mol. The molecule has 0 bridgehead atoms. The van der Waals surface area contributed by atoms with Gasteiger partial charge in [-0.25, -0.2) is 0 Å². The zero-order valence-electron chi connectivity index (χ0n) is 19.0. The summed E-state index contributed by atoms with van der Waals surface area (Å²) in [5.41, 5.74) is 0.0989. The number of amides is 2. The second kappa shape index (κ2) is 9.46. The van der Waals surface area contributed by atoms with Gasteiger partial charge in [0.2, 0.25) is 11.8 Å². The van der Waals surface area contributed by atoms with Gasteiger partial charge in [-0.05, 0) is 24.3 Å². The summed E-state index contributed by atoms with van der Waals surface area (Å²) in [5.74, 6) is -7.86. The molecule has 2 N–H and O–H groups in total. The number of benzene rings is 2. The van der Waals surface area contributed by atoms with Crippen LogP contribution in [0.15, 0.2) is 61.7 Å². The molecule has 0 aliphatic heterocycles. The lowest BCUT2D eigenvalue weighted by Crippen LogP contribution is -2.36. The van der Waals surface area contributed by atoms with Gasteiger partial charge in [0.15, 0.2) is 40.8 Å². The van der Waals surface area contributed by atoms with Crippen LogP contribution in [0.1, 0.15) is 57.4 Å². The van der Waals surface area contributed by atoms with Crippen molar-refractivity contribution in [3.63, 3.8) is 0 Å². The van der Waals surface area contributed by atoms with Crippen LogP contribution in [0.5, 0.6) is 0 Å². The van der Waals surface area contributed by atoms with Crippen molar-refractivity contribution in [2.45, 2.75) is 0 Å². The molecule has 2 aromatic rings. The van der Waals surface area contributed by atoms with Crippen LogP contribution in [0, 0.1) is 11.8 Å². The van der Waals surface area contributed by atoms with Gasteiger partial charge in [-0.1, -0.05) is 24.3 Å². The average Bonchev–Trinajstić information content (AvgIpc) is 3.28. The molecule has 0 saturated heterocycles. The maximum absolute atomic E-state index is 13.2. The van der Waals surface area contributed by atoms with Crippen LogP contribution in [0.2, 0.25) is 0 Å². The summed E-state index contributed by atoms with van der Waals surface area (Å²) >= 11 is 0.